The summed E-state index contributed by atoms with van der Waals surface area (Å²) in [7, 11) is 0. The highest BCUT2D eigenvalue weighted by molar-refractivity contribution is 7.26. The summed E-state index contributed by atoms with van der Waals surface area (Å²) >= 11 is 1.88. The average molecular weight is 719 g/mol. The Morgan fingerprint density at radius 1 is 0.327 bits per heavy atom. The van der Waals surface area contributed by atoms with Gasteiger partial charge in [-0.05, 0) is 50.9 Å². The van der Waals surface area contributed by atoms with Crippen LogP contribution >= 0.6 is 11.3 Å². The molecule has 3 heterocycles. The molecular weight excluding hydrogens is 689 g/mol. The number of hydrogen-bond acceptors (Lipinski definition) is 3. The first kappa shape index (κ1) is 30.5. The first-order valence-corrected chi connectivity index (χ1v) is 19.5. The molecule has 0 radical (unpaired) electrons. The van der Waals surface area contributed by atoms with Crippen LogP contribution in [0.15, 0.2) is 191 Å². The highest BCUT2D eigenvalue weighted by atomic mass is 32.1. The molecule has 0 aliphatic carbocycles. The first-order valence-electron chi connectivity index (χ1n) is 18.7. The predicted octanol–water partition coefficient (Wildman–Crippen LogP) is 15.7. The Morgan fingerprint density at radius 2 is 0.836 bits per heavy atom. The lowest BCUT2D eigenvalue weighted by Gasteiger charge is -2.18. The van der Waals surface area contributed by atoms with Gasteiger partial charge in [-0.25, -0.2) is 0 Å². The smallest absolute Gasteiger partial charge is 0.143 e. The summed E-state index contributed by atoms with van der Waals surface area (Å²) in [5.41, 5.74) is 10.6. The van der Waals surface area contributed by atoms with E-state index in [0.717, 1.165) is 60.9 Å². The fourth-order valence-electron chi connectivity index (χ4n) is 9.00. The first-order chi connectivity index (χ1) is 27.3. The zero-order valence-corrected chi connectivity index (χ0v) is 30.4. The number of fused-ring (bicyclic) bond motifs is 10. The van der Waals surface area contributed by atoms with Crippen LogP contribution in [0.4, 0.5) is 0 Å². The number of furan rings is 2. The Kier molecular flexibility index (Phi) is 6.54. The molecule has 0 bridgehead atoms. The summed E-state index contributed by atoms with van der Waals surface area (Å²) in [6.07, 6.45) is 0. The standard InChI is InChI=1S/C52H30O2S/c1-3-15-31(16-4-1)45-49-43(53-50(45)32-17-5-2-6-18-32)30-29-42-48(49)40-26-14-25-39(51(40)54-42)46-34-20-7-9-22-36(34)47(37-23-10-8-21-35(37)46)41-27-13-24-38-33-19-11-12-28-44(33)55-52(38)41/h1-30H. The molecule has 0 N–H and O–H groups in total. The molecule has 2 nitrogen and oxygen atoms in total. The van der Waals surface area contributed by atoms with Gasteiger partial charge in [0.05, 0.1) is 0 Å². The summed E-state index contributed by atoms with van der Waals surface area (Å²) in [6.45, 7) is 0. The van der Waals surface area contributed by atoms with Crippen molar-refractivity contribution in [3.05, 3.63) is 182 Å². The Balaban J connectivity index is 1.18. The molecule has 0 saturated heterocycles. The summed E-state index contributed by atoms with van der Waals surface area (Å²) in [5, 5.41) is 10.7. The normalized spacial score (nSPS) is 12.0. The number of thiophene rings is 1. The van der Waals surface area contributed by atoms with Crippen molar-refractivity contribution in [3.8, 4) is 44.7 Å². The average Bonchev–Trinajstić information content (AvgIpc) is 3.95. The van der Waals surface area contributed by atoms with Gasteiger partial charge in [-0.3, -0.25) is 0 Å². The fraction of sp³-hybridized carbons (Fsp3) is 0. The zero-order valence-electron chi connectivity index (χ0n) is 29.5. The van der Waals surface area contributed by atoms with Gasteiger partial charge in [-0.2, -0.15) is 0 Å². The third-order valence-electron chi connectivity index (χ3n) is 11.3. The number of hydrogen-bond donors (Lipinski definition) is 0. The molecule has 0 fully saturated rings. The van der Waals surface area contributed by atoms with Crippen LogP contribution in [0.5, 0.6) is 0 Å². The van der Waals surface area contributed by atoms with E-state index in [1.165, 1.54) is 58.4 Å². The molecular formula is C52H30O2S. The van der Waals surface area contributed by atoms with E-state index >= 15 is 0 Å². The van der Waals surface area contributed by atoms with E-state index in [0.29, 0.717) is 0 Å². The van der Waals surface area contributed by atoms with E-state index in [1.807, 2.05) is 17.4 Å². The van der Waals surface area contributed by atoms with E-state index in [-0.39, 0.29) is 0 Å². The van der Waals surface area contributed by atoms with Crippen LogP contribution in [0.25, 0.3) is 119 Å². The second kappa shape index (κ2) is 11.8. The van der Waals surface area contributed by atoms with Gasteiger partial charge in [0.15, 0.2) is 0 Å². The zero-order chi connectivity index (χ0) is 36.0. The van der Waals surface area contributed by atoms with Gasteiger partial charge in [0, 0.05) is 64.1 Å². The largest absolute Gasteiger partial charge is 0.455 e. The van der Waals surface area contributed by atoms with Crippen molar-refractivity contribution in [1.82, 2.24) is 0 Å². The van der Waals surface area contributed by atoms with Gasteiger partial charge in [-0.1, -0.05) is 164 Å². The summed E-state index contributed by atoms with van der Waals surface area (Å²) in [4.78, 5) is 0. The number of para-hydroxylation sites is 1. The Labute approximate surface area is 320 Å². The molecule has 0 aliphatic rings. The molecule has 0 saturated carbocycles. The van der Waals surface area contributed by atoms with Crippen LogP contribution in [0.1, 0.15) is 0 Å². The summed E-state index contributed by atoms with van der Waals surface area (Å²) in [6, 6.07) is 65.1. The van der Waals surface area contributed by atoms with E-state index in [1.54, 1.807) is 0 Å². The second-order valence-electron chi connectivity index (χ2n) is 14.3. The molecule has 12 aromatic rings. The predicted molar refractivity (Wildman–Crippen MR) is 233 cm³/mol. The molecule has 3 heteroatoms. The van der Waals surface area contributed by atoms with Crippen LogP contribution in [0.3, 0.4) is 0 Å². The molecule has 0 atom stereocenters. The highest BCUT2D eigenvalue weighted by Gasteiger charge is 2.25. The van der Waals surface area contributed by atoms with Gasteiger partial charge in [0.2, 0.25) is 0 Å². The van der Waals surface area contributed by atoms with Crippen LogP contribution in [-0.4, -0.2) is 0 Å². The molecule has 3 aromatic heterocycles. The van der Waals surface area contributed by atoms with Gasteiger partial charge in [0.25, 0.3) is 0 Å². The molecule has 256 valence electrons. The SMILES string of the molecule is c1ccc(-c2oc3ccc4oc5c(-c6c7ccccc7c(-c7cccc8c7sc7ccccc78)c7ccccc67)cccc5c4c3c2-c2ccccc2)cc1. The van der Waals surface area contributed by atoms with Crippen molar-refractivity contribution in [2.24, 2.45) is 0 Å². The monoisotopic (exact) mass is 718 g/mol. The molecule has 12 rings (SSSR count). The Morgan fingerprint density at radius 3 is 1.51 bits per heavy atom. The van der Waals surface area contributed by atoms with E-state index in [9.17, 15) is 0 Å². The van der Waals surface area contributed by atoms with Gasteiger partial charge >= 0.3 is 0 Å². The van der Waals surface area contributed by atoms with E-state index in [4.69, 9.17) is 8.83 Å². The lowest BCUT2D eigenvalue weighted by atomic mass is 9.85. The van der Waals surface area contributed by atoms with Crippen LogP contribution in [0.2, 0.25) is 0 Å². The van der Waals surface area contributed by atoms with Gasteiger partial charge in [0.1, 0.15) is 22.5 Å². The topological polar surface area (TPSA) is 26.3 Å². The van der Waals surface area contributed by atoms with Crippen molar-refractivity contribution in [2.75, 3.05) is 0 Å². The third kappa shape index (κ3) is 4.42. The summed E-state index contributed by atoms with van der Waals surface area (Å²) < 4.78 is 16.4. The lowest BCUT2D eigenvalue weighted by molar-refractivity contribution is 0.632. The molecule has 0 aliphatic heterocycles. The number of benzene rings is 9. The van der Waals surface area contributed by atoms with Gasteiger partial charge < -0.3 is 8.83 Å². The van der Waals surface area contributed by atoms with E-state index < -0.39 is 0 Å². The molecule has 0 spiro atoms. The quantitative estimate of drug-likeness (QED) is 0.169. The minimum Gasteiger partial charge on any atom is -0.455 e. The van der Waals surface area contributed by atoms with Crippen molar-refractivity contribution < 1.29 is 8.83 Å². The van der Waals surface area contributed by atoms with Crippen molar-refractivity contribution >= 4 is 86.0 Å². The van der Waals surface area contributed by atoms with Crippen LogP contribution in [-0.2, 0) is 0 Å². The Hall–Kier alpha value is -6.94. The van der Waals surface area contributed by atoms with Crippen molar-refractivity contribution in [3.63, 3.8) is 0 Å². The maximum absolute atomic E-state index is 7.02. The highest BCUT2D eigenvalue weighted by Crippen LogP contribution is 2.51. The number of rotatable bonds is 4. The molecule has 0 unspecified atom stereocenters. The minimum absolute atomic E-state index is 0.842. The maximum atomic E-state index is 7.02. The second-order valence-corrected chi connectivity index (χ2v) is 15.3. The van der Waals surface area contributed by atoms with Crippen LogP contribution in [0, 0.1) is 0 Å². The summed E-state index contributed by atoms with van der Waals surface area (Å²) in [5.74, 6) is 0.862. The van der Waals surface area contributed by atoms with E-state index in [2.05, 4.69) is 176 Å². The van der Waals surface area contributed by atoms with Crippen LogP contribution < -0.4 is 0 Å². The maximum Gasteiger partial charge on any atom is 0.143 e. The minimum atomic E-state index is 0.842. The molecule has 55 heavy (non-hydrogen) atoms. The molecule has 9 aromatic carbocycles. The lowest BCUT2D eigenvalue weighted by Crippen LogP contribution is -1.91. The third-order valence-corrected chi connectivity index (χ3v) is 12.5. The fourth-order valence-corrected chi connectivity index (χ4v) is 10.2. The Bertz CT molecular complexity index is 3420. The molecule has 0 amide bonds. The van der Waals surface area contributed by atoms with Crippen molar-refractivity contribution in [1.29, 1.82) is 0 Å². The van der Waals surface area contributed by atoms with Gasteiger partial charge in [-0.15, -0.1) is 11.3 Å². The van der Waals surface area contributed by atoms with Crippen molar-refractivity contribution in [2.45, 2.75) is 0 Å².